The van der Waals surface area contributed by atoms with Crippen LogP contribution in [-0.4, -0.2) is 64.9 Å². The summed E-state index contributed by atoms with van der Waals surface area (Å²) in [4.78, 5) is 12.0. The van der Waals surface area contributed by atoms with Crippen LogP contribution in [0.15, 0.2) is 12.7 Å². The van der Waals surface area contributed by atoms with Crippen LogP contribution in [0, 0.1) is 5.92 Å². The van der Waals surface area contributed by atoms with E-state index < -0.39 is 30.3 Å². The van der Waals surface area contributed by atoms with Gasteiger partial charge >= 0.3 is 0 Å². The SMILES string of the molecule is Nc1ncnc2c1ncn2[C@@H]1C[C@H](CO)[C@@H](O)[C@]1(O)CO. The second-order valence-corrected chi connectivity index (χ2v) is 5.37. The zero-order chi connectivity index (χ0) is 15.2. The molecule has 2 aromatic heterocycles. The average Bonchev–Trinajstić information content (AvgIpc) is 3.01. The molecule has 1 aliphatic rings. The van der Waals surface area contributed by atoms with Gasteiger partial charge in [-0.1, -0.05) is 0 Å². The first-order valence-corrected chi connectivity index (χ1v) is 6.58. The van der Waals surface area contributed by atoms with E-state index in [0.717, 1.165) is 0 Å². The smallest absolute Gasteiger partial charge is 0.165 e. The predicted octanol–water partition coefficient (Wildman–Crippen LogP) is -1.95. The van der Waals surface area contributed by atoms with Gasteiger partial charge in [-0.15, -0.1) is 0 Å². The summed E-state index contributed by atoms with van der Waals surface area (Å²) >= 11 is 0. The molecule has 9 heteroatoms. The number of anilines is 1. The van der Waals surface area contributed by atoms with Crippen LogP contribution in [0.4, 0.5) is 5.82 Å². The highest BCUT2D eigenvalue weighted by molar-refractivity contribution is 5.81. The molecule has 0 aliphatic heterocycles. The molecule has 6 N–H and O–H groups in total. The number of hydrogen-bond acceptors (Lipinski definition) is 8. The van der Waals surface area contributed by atoms with Gasteiger partial charge in [0, 0.05) is 12.5 Å². The van der Waals surface area contributed by atoms with Crippen molar-refractivity contribution in [2.75, 3.05) is 18.9 Å². The van der Waals surface area contributed by atoms with Crippen molar-refractivity contribution in [1.29, 1.82) is 0 Å². The second kappa shape index (κ2) is 4.88. The summed E-state index contributed by atoms with van der Waals surface area (Å²) in [5.74, 6) is -0.327. The summed E-state index contributed by atoms with van der Waals surface area (Å²) in [5.41, 5.74) is 4.74. The van der Waals surface area contributed by atoms with E-state index in [1.807, 2.05) is 0 Å². The van der Waals surface area contributed by atoms with Gasteiger partial charge in [0.05, 0.1) is 25.1 Å². The van der Waals surface area contributed by atoms with Crippen LogP contribution in [0.25, 0.3) is 11.2 Å². The summed E-state index contributed by atoms with van der Waals surface area (Å²) < 4.78 is 1.56. The van der Waals surface area contributed by atoms with Gasteiger partial charge in [0.25, 0.3) is 0 Å². The Bertz CT molecular complexity index is 662. The molecule has 21 heavy (non-hydrogen) atoms. The van der Waals surface area contributed by atoms with E-state index in [1.54, 1.807) is 4.57 Å². The van der Waals surface area contributed by atoms with Crippen molar-refractivity contribution in [3.05, 3.63) is 12.7 Å². The Kier molecular flexibility index (Phi) is 3.29. The quantitative estimate of drug-likeness (QED) is 0.438. The van der Waals surface area contributed by atoms with Crippen LogP contribution in [0.2, 0.25) is 0 Å². The van der Waals surface area contributed by atoms with Crippen molar-refractivity contribution < 1.29 is 20.4 Å². The van der Waals surface area contributed by atoms with Crippen molar-refractivity contribution in [1.82, 2.24) is 19.5 Å². The normalized spacial score (nSPS) is 32.9. The Morgan fingerprint density at radius 1 is 1.33 bits per heavy atom. The number of aromatic nitrogens is 4. The molecule has 1 aliphatic carbocycles. The zero-order valence-electron chi connectivity index (χ0n) is 11.2. The van der Waals surface area contributed by atoms with Crippen molar-refractivity contribution in [3.63, 3.8) is 0 Å². The first-order valence-electron chi connectivity index (χ1n) is 6.58. The maximum atomic E-state index is 10.6. The van der Waals surface area contributed by atoms with Crippen LogP contribution >= 0.6 is 0 Å². The third kappa shape index (κ3) is 1.89. The Hall–Kier alpha value is -1.81. The minimum absolute atomic E-state index is 0.212. The first-order chi connectivity index (χ1) is 10.0. The van der Waals surface area contributed by atoms with Gasteiger partial charge in [0.1, 0.15) is 17.4 Å². The van der Waals surface area contributed by atoms with Crippen molar-refractivity contribution >= 4 is 17.0 Å². The highest BCUT2D eigenvalue weighted by Gasteiger charge is 2.54. The Balaban J connectivity index is 2.11. The largest absolute Gasteiger partial charge is 0.396 e. The van der Waals surface area contributed by atoms with Crippen molar-refractivity contribution in [2.45, 2.75) is 24.2 Å². The number of nitrogen functional groups attached to an aromatic ring is 1. The molecule has 0 bridgehead atoms. The maximum absolute atomic E-state index is 10.6. The molecular formula is C12H17N5O4. The fourth-order valence-corrected chi connectivity index (χ4v) is 3.05. The minimum Gasteiger partial charge on any atom is -0.396 e. The maximum Gasteiger partial charge on any atom is 0.165 e. The monoisotopic (exact) mass is 295 g/mol. The van der Waals surface area contributed by atoms with E-state index in [-0.39, 0.29) is 18.8 Å². The Morgan fingerprint density at radius 2 is 2.10 bits per heavy atom. The van der Waals surface area contributed by atoms with E-state index in [4.69, 9.17) is 5.73 Å². The lowest BCUT2D eigenvalue weighted by Crippen LogP contribution is -2.48. The summed E-state index contributed by atoms with van der Waals surface area (Å²) in [6, 6.07) is -0.672. The number of rotatable bonds is 3. The lowest BCUT2D eigenvalue weighted by atomic mass is 9.95. The van der Waals surface area contributed by atoms with Gasteiger partial charge < -0.3 is 30.7 Å². The van der Waals surface area contributed by atoms with Gasteiger partial charge in [-0.05, 0) is 6.42 Å². The fraction of sp³-hybridized carbons (Fsp3) is 0.583. The molecule has 0 amide bonds. The van der Waals surface area contributed by atoms with E-state index >= 15 is 0 Å². The van der Waals surface area contributed by atoms with E-state index in [0.29, 0.717) is 11.2 Å². The predicted molar refractivity (Wildman–Crippen MR) is 72.0 cm³/mol. The molecule has 1 saturated carbocycles. The molecule has 0 aromatic carbocycles. The van der Waals surface area contributed by atoms with E-state index in [2.05, 4.69) is 15.0 Å². The molecule has 1 fully saturated rings. The number of aliphatic hydroxyl groups is 4. The van der Waals surface area contributed by atoms with Gasteiger partial charge in [-0.3, -0.25) is 0 Å². The van der Waals surface area contributed by atoms with Gasteiger partial charge in [0.2, 0.25) is 0 Å². The van der Waals surface area contributed by atoms with E-state index in [1.165, 1.54) is 12.7 Å². The molecule has 114 valence electrons. The molecule has 9 nitrogen and oxygen atoms in total. The number of fused-ring (bicyclic) bond motifs is 1. The molecule has 2 aromatic rings. The lowest BCUT2D eigenvalue weighted by Gasteiger charge is -2.32. The number of aliphatic hydroxyl groups excluding tert-OH is 3. The summed E-state index contributed by atoms with van der Waals surface area (Å²) in [5, 5.41) is 39.6. The van der Waals surface area contributed by atoms with Crippen molar-refractivity contribution in [2.24, 2.45) is 5.92 Å². The van der Waals surface area contributed by atoms with Gasteiger partial charge in [-0.2, -0.15) is 0 Å². The molecule has 0 spiro atoms. The average molecular weight is 295 g/mol. The highest BCUT2D eigenvalue weighted by atomic mass is 16.4. The van der Waals surface area contributed by atoms with Crippen LogP contribution in [0.1, 0.15) is 12.5 Å². The number of hydrogen-bond donors (Lipinski definition) is 5. The summed E-state index contributed by atoms with van der Waals surface area (Å²) in [7, 11) is 0. The van der Waals surface area contributed by atoms with E-state index in [9.17, 15) is 20.4 Å². The number of nitrogens with zero attached hydrogens (tertiary/aromatic N) is 4. The van der Waals surface area contributed by atoms with Crippen molar-refractivity contribution in [3.8, 4) is 0 Å². The molecule has 2 heterocycles. The Labute approximate surface area is 119 Å². The molecule has 0 radical (unpaired) electrons. The molecular weight excluding hydrogens is 278 g/mol. The summed E-state index contributed by atoms with van der Waals surface area (Å²) in [6.07, 6.45) is 1.76. The van der Waals surface area contributed by atoms with Gasteiger partial charge in [-0.25, -0.2) is 15.0 Å². The van der Waals surface area contributed by atoms with Crippen LogP contribution < -0.4 is 5.73 Å². The first kappa shape index (κ1) is 14.1. The zero-order valence-corrected chi connectivity index (χ0v) is 11.2. The number of nitrogens with two attached hydrogens (primary N) is 1. The topological polar surface area (TPSA) is 151 Å². The highest BCUT2D eigenvalue weighted by Crippen LogP contribution is 2.44. The lowest BCUT2D eigenvalue weighted by molar-refractivity contribution is -0.118. The molecule has 0 saturated heterocycles. The summed E-state index contributed by atoms with van der Waals surface area (Å²) in [6.45, 7) is -0.931. The molecule has 4 atom stereocenters. The second-order valence-electron chi connectivity index (χ2n) is 5.37. The number of imidazole rings is 1. The van der Waals surface area contributed by atoms with Crippen LogP contribution in [0.5, 0.6) is 0 Å². The fourth-order valence-electron chi connectivity index (χ4n) is 3.05. The van der Waals surface area contributed by atoms with Gasteiger partial charge in [0.15, 0.2) is 11.5 Å². The van der Waals surface area contributed by atoms with Crippen LogP contribution in [-0.2, 0) is 0 Å². The molecule has 3 rings (SSSR count). The third-order valence-electron chi connectivity index (χ3n) is 4.27. The standard InChI is InChI=1S/C12H17N5O4/c13-10-8-11(15-4-14-10)17(5-16-8)7-1-6(2-18)9(20)12(7,21)3-19/h4-7,9,18-21H,1-3H2,(H2,13,14,15)/t6-,7-,9-,12+/m1/s1. The third-order valence-corrected chi connectivity index (χ3v) is 4.27. The Morgan fingerprint density at radius 3 is 2.76 bits per heavy atom. The van der Waals surface area contributed by atoms with Crippen LogP contribution in [0.3, 0.4) is 0 Å². The molecule has 0 unspecified atom stereocenters. The minimum atomic E-state index is -1.78.